The van der Waals surface area contributed by atoms with Crippen LogP contribution in [-0.2, 0) is 14.4 Å². The third-order valence-corrected chi connectivity index (χ3v) is 11.3. The van der Waals surface area contributed by atoms with Crippen molar-refractivity contribution in [3.05, 3.63) is 42.7 Å². The number of ether oxygens (including phenoxy) is 1. The van der Waals surface area contributed by atoms with Gasteiger partial charge in [-0.1, -0.05) is 20.8 Å². The van der Waals surface area contributed by atoms with Gasteiger partial charge in [0.05, 0.1) is 24.4 Å². The molecule has 6 rings (SSSR count). The molecule has 4 heterocycles. The Morgan fingerprint density at radius 2 is 1.63 bits per heavy atom. The number of fused-ring (bicyclic) bond motifs is 1. The quantitative estimate of drug-likeness (QED) is 0.228. The zero-order chi connectivity index (χ0) is 38.6. The highest BCUT2D eigenvalue weighted by Crippen LogP contribution is 2.35. The Balaban J connectivity index is 1.14. The summed E-state index contributed by atoms with van der Waals surface area (Å²) in [5, 5.41) is 13.0. The first-order valence-electron chi connectivity index (χ1n) is 19.3. The summed E-state index contributed by atoms with van der Waals surface area (Å²) in [6.45, 7) is 14.6. The molecule has 0 radical (unpaired) electrons. The van der Waals surface area contributed by atoms with Crippen molar-refractivity contribution in [2.75, 3.05) is 82.6 Å². The lowest BCUT2D eigenvalue weighted by molar-refractivity contribution is -0.143. The molecule has 3 aromatic rings. The van der Waals surface area contributed by atoms with Crippen molar-refractivity contribution in [2.24, 2.45) is 5.41 Å². The number of anilines is 4. The second-order valence-electron chi connectivity index (χ2n) is 16.0. The molecular weight excluding hydrogens is 685 g/mol. The number of hydrogen-bond acceptors (Lipinski definition) is 11. The van der Waals surface area contributed by atoms with E-state index in [0.717, 1.165) is 45.0 Å². The fourth-order valence-corrected chi connectivity index (χ4v) is 7.75. The Kier molecular flexibility index (Phi) is 12.2. The first kappa shape index (κ1) is 39.2. The van der Waals surface area contributed by atoms with Gasteiger partial charge in [-0.3, -0.25) is 19.3 Å². The number of nitrogens with zero attached hydrogens (tertiary/aromatic N) is 6. The molecule has 3 saturated heterocycles. The van der Waals surface area contributed by atoms with E-state index >= 15 is 0 Å². The molecule has 14 heteroatoms. The van der Waals surface area contributed by atoms with Gasteiger partial charge in [0, 0.05) is 74.7 Å². The minimum absolute atomic E-state index is 0.272. The van der Waals surface area contributed by atoms with Gasteiger partial charge in [0.25, 0.3) is 0 Å². The largest absolute Gasteiger partial charge is 0.494 e. The Hall–Kier alpha value is -4.53. The van der Waals surface area contributed by atoms with Gasteiger partial charge in [-0.15, -0.1) is 0 Å². The molecule has 3 atom stereocenters. The number of piperidine rings is 1. The molecule has 3 aliphatic heterocycles. The molecule has 3 aliphatic rings. The van der Waals surface area contributed by atoms with Crippen molar-refractivity contribution in [3.63, 3.8) is 0 Å². The van der Waals surface area contributed by atoms with Gasteiger partial charge in [-0.2, -0.15) is 0 Å². The predicted molar refractivity (Wildman–Crippen MR) is 213 cm³/mol. The number of amides is 3. The normalized spacial score (nSPS) is 20.1. The molecule has 0 saturated carbocycles. The number of hydrogen-bond donors (Lipinski definition) is 4. The average molecular weight is 743 g/mol. The van der Waals surface area contributed by atoms with Crippen molar-refractivity contribution in [3.8, 4) is 5.75 Å². The van der Waals surface area contributed by atoms with Gasteiger partial charge < -0.3 is 40.7 Å². The molecule has 3 amide bonds. The number of carbonyl (C=O) groups is 3. The highest BCUT2D eigenvalue weighted by Gasteiger charge is 2.42. The van der Waals surface area contributed by atoms with Gasteiger partial charge in [0.15, 0.2) is 0 Å². The summed E-state index contributed by atoms with van der Waals surface area (Å²) < 4.78 is 5.69. The molecule has 3 unspecified atom stereocenters. The van der Waals surface area contributed by atoms with Crippen LogP contribution >= 0.6 is 0 Å². The molecule has 0 aliphatic carbocycles. The molecule has 1 aromatic heterocycles. The third kappa shape index (κ3) is 8.88. The van der Waals surface area contributed by atoms with Crippen LogP contribution in [-0.4, -0.2) is 134 Å². The SMILES string of the molecule is CNC(C)C(=O)NC(C(=O)N1CCCC1C(=O)Nc1cc2c(Nc3ccc(N4CCC(N5CCN(C)CC5)CC4)cc3)ncnc2cc1OC)C(C)(C)C. The average Bonchev–Trinajstić information content (AvgIpc) is 3.67. The minimum Gasteiger partial charge on any atom is -0.494 e. The van der Waals surface area contributed by atoms with E-state index in [0.29, 0.717) is 53.6 Å². The molecule has 0 spiro atoms. The fraction of sp³-hybridized carbons (Fsp3) is 0.575. The van der Waals surface area contributed by atoms with Crippen LogP contribution in [0.5, 0.6) is 5.75 Å². The number of likely N-dealkylation sites (tertiary alicyclic amines) is 1. The smallest absolute Gasteiger partial charge is 0.247 e. The van der Waals surface area contributed by atoms with Crippen LogP contribution < -0.4 is 30.9 Å². The fourth-order valence-electron chi connectivity index (χ4n) is 7.75. The molecule has 4 N–H and O–H groups in total. The van der Waals surface area contributed by atoms with Crippen LogP contribution in [0.1, 0.15) is 53.4 Å². The lowest BCUT2D eigenvalue weighted by Crippen LogP contribution is -2.59. The van der Waals surface area contributed by atoms with Crippen molar-refractivity contribution >= 4 is 51.5 Å². The van der Waals surface area contributed by atoms with E-state index in [4.69, 9.17) is 4.74 Å². The first-order chi connectivity index (χ1) is 25.9. The van der Waals surface area contributed by atoms with E-state index in [2.05, 4.69) is 77.2 Å². The molecule has 0 bridgehead atoms. The minimum atomic E-state index is -0.802. The molecule has 3 fully saturated rings. The summed E-state index contributed by atoms with van der Waals surface area (Å²) in [7, 11) is 5.45. The highest BCUT2D eigenvalue weighted by molar-refractivity contribution is 6.03. The van der Waals surface area contributed by atoms with Crippen LogP contribution in [0.3, 0.4) is 0 Å². The van der Waals surface area contributed by atoms with Gasteiger partial charge in [-0.05, 0) is 82.4 Å². The van der Waals surface area contributed by atoms with Crippen LogP contribution in [0.25, 0.3) is 10.9 Å². The summed E-state index contributed by atoms with van der Waals surface area (Å²) in [6, 6.07) is 10.7. The van der Waals surface area contributed by atoms with Crippen LogP contribution in [0.4, 0.5) is 22.9 Å². The van der Waals surface area contributed by atoms with E-state index in [9.17, 15) is 14.4 Å². The van der Waals surface area contributed by atoms with Crippen LogP contribution in [0, 0.1) is 5.41 Å². The van der Waals surface area contributed by atoms with Gasteiger partial charge in [0.1, 0.15) is 30.0 Å². The third-order valence-electron chi connectivity index (χ3n) is 11.3. The zero-order valence-corrected chi connectivity index (χ0v) is 32.9. The lowest BCUT2D eigenvalue weighted by Gasteiger charge is -2.42. The second-order valence-corrected chi connectivity index (χ2v) is 16.0. The summed E-state index contributed by atoms with van der Waals surface area (Å²) in [5.74, 6) is 0.166. The Morgan fingerprint density at radius 3 is 2.28 bits per heavy atom. The van der Waals surface area contributed by atoms with Gasteiger partial charge >= 0.3 is 0 Å². The molecule has 54 heavy (non-hydrogen) atoms. The van der Waals surface area contributed by atoms with Crippen molar-refractivity contribution in [2.45, 2.75) is 77.5 Å². The summed E-state index contributed by atoms with van der Waals surface area (Å²) >= 11 is 0. The summed E-state index contributed by atoms with van der Waals surface area (Å²) in [5.41, 5.74) is 2.63. The molecule has 14 nitrogen and oxygen atoms in total. The monoisotopic (exact) mass is 742 g/mol. The zero-order valence-electron chi connectivity index (χ0n) is 32.9. The van der Waals surface area contributed by atoms with Gasteiger partial charge in [-0.25, -0.2) is 9.97 Å². The number of piperazine rings is 1. The molecule has 292 valence electrons. The summed E-state index contributed by atoms with van der Waals surface area (Å²) in [6.07, 6.45) is 5.04. The van der Waals surface area contributed by atoms with Crippen LogP contribution in [0.2, 0.25) is 0 Å². The predicted octanol–water partition coefficient (Wildman–Crippen LogP) is 3.67. The topological polar surface area (TPSA) is 147 Å². The summed E-state index contributed by atoms with van der Waals surface area (Å²) in [4.78, 5) is 58.9. The van der Waals surface area contributed by atoms with Crippen molar-refractivity contribution < 1.29 is 19.1 Å². The van der Waals surface area contributed by atoms with E-state index in [1.54, 1.807) is 32.0 Å². The van der Waals surface area contributed by atoms with Crippen LogP contribution in [0.15, 0.2) is 42.7 Å². The number of likely N-dealkylation sites (N-methyl/N-ethyl adjacent to an activating group) is 2. The lowest BCUT2D eigenvalue weighted by atomic mass is 9.85. The highest BCUT2D eigenvalue weighted by atomic mass is 16.5. The first-order valence-corrected chi connectivity index (χ1v) is 19.3. The molecule has 2 aromatic carbocycles. The van der Waals surface area contributed by atoms with Crippen molar-refractivity contribution in [1.82, 2.24) is 35.3 Å². The van der Waals surface area contributed by atoms with E-state index in [1.165, 1.54) is 24.9 Å². The van der Waals surface area contributed by atoms with E-state index in [-0.39, 0.29) is 17.7 Å². The van der Waals surface area contributed by atoms with E-state index < -0.39 is 23.5 Å². The second kappa shape index (κ2) is 16.9. The standard InChI is InChI=1S/C40H58N10O4/c1-26(41-5)37(51)46-35(40(2,3)4)39(53)50-16-8-9-33(50)38(52)45-32-23-30-31(24-34(32)54-7)42-25-43-36(30)44-27-10-12-28(13-11-27)48-17-14-29(15-18-48)49-21-19-47(6)20-22-49/h10-13,23-26,29,33,35,41H,8-9,14-22H2,1-7H3,(H,45,52)(H,46,51)(H,42,43,44). The number of rotatable bonds is 11. The van der Waals surface area contributed by atoms with Gasteiger partial charge in [0.2, 0.25) is 17.7 Å². The Labute approximate surface area is 319 Å². The Morgan fingerprint density at radius 1 is 0.926 bits per heavy atom. The number of methoxy groups -OCH3 is 1. The number of carbonyl (C=O) groups excluding carboxylic acids is 3. The maximum atomic E-state index is 14.0. The Bertz CT molecular complexity index is 1780. The number of nitrogens with one attached hydrogen (secondary N) is 4. The maximum Gasteiger partial charge on any atom is 0.247 e. The molecular formula is C40H58N10O4. The van der Waals surface area contributed by atoms with Crippen molar-refractivity contribution in [1.29, 1.82) is 0 Å². The number of benzene rings is 2. The van der Waals surface area contributed by atoms with E-state index in [1.807, 2.05) is 26.8 Å². The number of aromatic nitrogens is 2. The maximum absolute atomic E-state index is 14.0.